The van der Waals surface area contributed by atoms with Crippen LogP contribution in [0.1, 0.15) is 12.1 Å². The van der Waals surface area contributed by atoms with Gasteiger partial charge in [0.05, 0.1) is 12.8 Å². The predicted molar refractivity (Wildman–Crippen MR) is 65.9 cm³/mol. The second-order valence-electron chi connectivity index (χ2n) is 3.80. The van der Waals surface area contributed by atoms with Crippen LogP contribution in [0, 0.1) is 0 Å². The van der Waals surface area contributed by atoms with Crippen molar-refractivity contribution in [1.29, 1.82) is 0 Å². The van der Waals surface area contributed by atoms with Crippen LogP contribution >= 0.6 is 0 Å². The molecule has 0 aliphatic heterocycles. The Bertz CT molecular complexity index is 480. The fourth-order valence-electron chi connectivity index (χ4n) is 1.73. The fraction of sp³-hybridized carbons (Fsp3) is 0.308. The Labute approximate surface area is 100 Å². The van der Waals surface area contributed by atoms with Gasteiger partial charge >= 0.3 is 0 Å². The molecule has 4 heteroatoms. The summed E-state index contributed by atoms with van der Waals surface area (Å²) in [5.74, 6) is 0.827. The summed E-state index contributed by atoms with van der Waals surface area (Å²) in [4.78, 5) is 0. The minimum absolute atomic E-state index is 0.657. The smallest absolute Gasteiger partial charge is 0.131 e. The predicted octanol–water partition coefficient (Wildman–Crippen LogP) is 2.24. The van der Waals surface area contributed by atoms with Gasteiger partial charge < -0.3 is 15.0 Å². The Kier molecular flexibility index (Phi) is 3.77. The molecule has 2 N–H and O–H groups in total. The van der Waals surface area contributed by atoms with E-state index in [1.807, 2.05) is 24.3 Å². The lowest BCUT2D eigenvalue weighted by Gasteiger charge is -2.03. The maximum absolute atomic E-state index is 5.50. The summed E-state index contributed by atoms with van der Waals surface area (Å²) in [6.07, 6.45) is 3.41. The first kappa shape index (κ1) is 11.7. The van der Waals surface area contributed by atoms with Crippen LogP contribution in [-0.2, 0) is 6.42 Å². The van der Waals surface area contributed by atoms with Crippen molar-refractivity contribution >= 4 is 0 Å². The van der Waals surface area contributed by atoms with Gasteiger partial charge in [-0.2, -0.15) is 0 Å². The van der Waals surface area contributed by atoms with E-state index in [0.29, 0.717) is 6.54 Å². The highest BCUT2D eigenvalue weighted by Gasteiger charge is 2.10. The number of hydrogen-bond acceptors (Lipinski definition) is 4. The van der Waals surface area contributed by atoms with E-state index in [9.17, 15) is 0 Å². The van der Waals surface area contributed by atoms with Crippen molar-refractivity contribution in [3.63, 3.8) is 0 Å². The van der Waals surface area contributed by atoms with Gasteiger partial charge in [-0.05, 0) is 37.1 Å². The third kappa shape index (κ3) is 2.65. The molecule has 17 heavy (non-hydrogen) atoms. The van der Waals surface area contributed by atoms with E-state index in [1.165, 1.54) is 0 Å². The minimum atomic E-state index is 0.657. The molecular formula is C13H16N2O2. The molecule has 4 nitrogen and oxygen atoms in total. The summed E-state index contributed by atoms with van der Waals surface area (Å²) < 4.78 is 10.2. The van der Waals surface area contributed by atoms with Crippen molar-refractivity contribution < 1.29 is 9.26 Å². The summed E-state index contributed by atoms with van der Waals surface area (Å²) >= 11 is 0. The molecule has 1 aromatic heterocycles. The maximum atomic E-state index is 5.50. The van der Waals surface area contributed by atoms with E-state index in [0.717, 1.165) is 35.4 Å². The van der Waals surface area contributed by atoms with E-state index in [1.54, 1.807) is 13.4 Å². The van der Waals surface area contributed by atoms with Crippen LogP contribution in [0.4, 0.5) is 0 Å². The molecule has 2 aromatic rings. The number of aromatic nitrogens is 1. The highest BCUT2D eigenvalue weighted by Crippen LogP contribution is 2.27. The molecule has 0 aliphatic carbocycles. The number of nitrogens with two attached hydrogens (primary N) is 1. The van der Waals surface area contributed by atoms with Crippen molar-refractivity contribution in [2.75, 3.05) is 13.7 Å². The third-order valence-electron chi connectivity index (χ3n) is 2.64. The van der Waals surface area contributed by atoms with Crippen LogP contribution in [0.25, 0.3) is 11.1 Å². The Balaban J connectivity index is 2.28. The van der Waals surface area contributed by atoms with Gasteiger partial charge in [0, 0.05) is 5.56 Å². The van der Waals surface area contributed by atoms with Crippen molar-refractivity contribution in [2.24, 2.45) is 5.73 Å². The first-order valence-electron chi connectivity index (χ1n) is 5.63. The number of hydrogen-bond donors (Lipinski definition) is 1. The van der Waals surface area contributed by atoms with Gasteiger partial charge in [0.15, 0.2) is 0 Å². The second-order valence-corrected chi connectivity index (χ2v) is 3.80. The zero-order chi connectivity index (χ0) is 12.1. The summed E-state index contributed by atoms with van der Waals surface area (Å²) in [5, 5.41) is 4.01. The third-order valence-corrected chi connectivity index (χ3v) is 2.64. The van der Waals surface area contributed by atoms with Gasteiger partial charge in [0.25, 0.3) is 0 Å². The Hall–Kier alpha value is -1.81. The number of aryl methyl sites for hydroxylation is 1. The molecule has 0 aliphatic rings. The molecule has 2 rings (SSSR count). The highest BCUT2D eigenvalue weighted by atomic mass is 16.5. The topological polar surface area (TPSA) is 61.3 Å². The average molecular weight is 232 g/mol. The van der Waals surface area contributed by atoms with Crippen LogP contribution in [0.3, 0.4) is 0 Å². The Morgan fingerprint density at radius 1 is 1.41 bits per heavy atom. The summed E-state index contributed by atoms with van der Waals surface area (Å²) in [6.45, 7) is 0.657. The van der Waals surface area contributed by atoms with Crippen LogP contribution in [0.15, 0.2) is 35.1 Å². The number of benzene rings is 1. The van der Waals surface area contributed by atoms with Crippen molar-refractivity contribution in [1.82, 2.24) is 5.16 Å². The monoisotopic (exact) mass is 232 g/mol. The van der Waals surface area contributed by atoms with Gasteiger partial charge in [-0.15, -0.1) is 0 Å². The van der Waals surface area contributed by atoms with E-state index in [4.69, 9.17) is 15.0 Å². The SMILES string of the molecule is COc1cccc(-c2conc2CCCN)c1. The van der Waals surface area contributed by atoms with Crippen LogP contribution < -0.4 is 10.5 Å². The van der Waals surface area contributed by atoms with Crippen LogP contribution in [-0.4, -0.2) is 18.8 Å². The minimum Gasteiger partial charge on any atom is -0.497 e. The molecule has 0 fully saturated rings. The second kappa shape index (κ2) is 5.50. The average Bonchev–Trinajstić information content (AvgIpc) is 2.84. The molecule has 1 aromatic carbocycles. The zero-order valence-corrected chi connectivity index (χ0v) is 9.85. The molecule has 0 spiro atoms. The fourth-order valence-corrected chi connectivity index (χ4v) is 1.73. The molecule has 90 valence electrons. The quantitative estimate of drug-likeness (QED) is 0.858. The first-order chi connectivity index (χ1) is 8.35. The van der Waals surface area contributed by atoms with Crippen LogP contribution in [0.2, 0.25) is 0 Å². The molecule has 1 heterocycles. The van der Waals surface area contributed by atoms with E-state index in [2.05, 4.69) is 5.16 Å². The molecule has 0 amide bonds. The molecule has 0 radical (unpaired) electrons. The van der Waals surface area contributed by atoms with E-state index < -0.39 is 0 Å². The van der Waals surface area contributed by atoms with Gasteiger partial charge in [-0.25, -0.2) is 0 Å². The molecule has 0 atom stereocenters. The van der Waals surface area contributed by atoms with Crippen molar-refractivity contribution in [3.8, 4) is 16.9 Å². The molecule has 0 saturated heterocycles. The van der Waals surface area contributed by atoms with Crippen molar-refractivity contribution in [2.45, 2.75) is 12.8 Å². The van der Waals surface area contributed by atoms with Gasteiger partial charge in [0.2, 0.25) is 0 Å². The summed E-state index contributed by atoms with van der Waals surface area (Å²) in [7, 11) is 1.65. The molecule has 0 saturated carbocycles. The van der Waals surface area contributed by atoms with Gasteiger partial charge in [0.1, 0.15) is 12.0 Å². The lowest BCUT2D eigenvalue weighted by Crippen LogP contribution is -2.01. The maximum Gasteiger partial charge on any atom is 0.131 e. The number of nitrogens with zero attached hydrogens (tertiary/aromatic N) is 1. The number of ether oxygens (including phenoxy) is 1. The molecule has 0 unspecified atom stereocenters. The molecule has 0 bridgehead atoms. The van der Waals surface area contributed by atoms with E-state index in [-0.39, 0.29) is 0 Å². The van der Waals surface area contributed by atoms with E-state index >= 15 is 0 Å². The first-order valence-corrected chi connectivity index (χ1v) is 5.63. The Morgan fingerprint density at radius 3 is 3.06 bits per heavy atom. The lowest BCUT2D eigenvalue weighted by atomic mass is 10.0. The number of rotatable bonds is 5. The summed E-state index contributed by atoms with van der Waals surface area (Å²) in [6, 6.07) is 7.85. The van der Waals surface area contributed by atoms with Gasteiger partial charge in [-0.1, -0.05) is 17.3 Å². The standard InChI is InChI=1S/C13H16N2O2/c1-16-11-5-2-4-10(8-11)12-9-17-15-13(12)6-3-7-14/h2,4-5,8-9H,3,6-7,14H2,1H3. The largest absolute Gasteiger partial charge is 0.497 e. The van der Waals surface area contributed by atoms with Crippen molar-refractivity contribution in [3.05, 3.63) is 36.2 Å². The lowest BCUT2D eigenvalue weighted by molar-refractivity contribution is 0.411. The highest BCUT2D eigenvalue weighted by molar-refractivity contribution is 5.66. The Morgan fingerprint density at radius 2 is 2.29 bits per heavy atom. The number of methoxy groups -OCH3 is 1. The van der Waals surface area contributed by atoms with Crippen LogP contribution in [0.5, 0.6) is 5.75 Å². The normalized spacial score (nSPS) is 10.5. The van der Waals surface area contributed by atoms with Gasteiger partial charge in [-0.3, -0.25) is 0 Å². The zero-order valence-electron chi connectivity index (χ0n) is 9.85. The molecular weight excluding hydrogens is 216 g/mol. The summed E-state index contributed by atoms with van der Waals surface area (Å²) in [5.41, 5.74) is 8.51.